The van der Waals surface area contributed by atoms with E-state index in [0.29, 0.717) is 12.5 Å². The average Bonchev–Trinajstić information content (AvgIpc) is 2.77. The summed E-state index contributed by atoms with van der Waals surface area (Å²) in [7, 11) is 0. The number of para-hydroxylation sites is 2. The van der Waals surface area contributed by atoms with Crippen molar-refractivity contribution in [3.05, 3.63) is 66.4 Å². The van der Waals surface area contributed by atoms with E-state index >= 15 is 0 Å². The van der Waals surface area contributed by atoms with Gasteiger partial charge in [-0.05, 0) is 36.5 Å². The van der Waals surface area contributed by atoms with Crippen molar-refractivity contribution >= 4 is 22.8 Å². The van der Waals surface area contributed by atoms with Crippen molar-refractivity contribution in [1.82, 2.24) is 15.3 Å². The molecule has 0 spiro atoms. The molecule has 3 aromatic rings. The minimum atomic E-state index is 0.0765. The van der Waals surface area contributed by atoms with Crippen LogP contribution >= 0.6 is 0 Å². The molecule has 2 heterocycles. The molecule has 1 saturated heterocycles. The molecule has 0 aliphatic carbocycles. The molecule has 5 nitrogen and oxygen atoms in total. The Balaban J connectivity index is 1.30. The molecule has 2 aromatic carbocycles. The zero-order valence-corrected chi connectivity index (χ0v) is 16.2. The van der Waals surface area contributed by atoms with E-state index in [1.54, 1.807) is 0 Å². The van der Waals surface area contributed by atoms with Gasteiger partial charge in [-0.1, -0.05) is 49.4 Å². The molecule has 5 heteroatoms. The summed E-state index contributed by atoms with van der Waals surface area (Å²) in [6.07, 6.45) is 3.53. The molecule has 1 N–H and O–H groups in total. The van der Waals surface area contributed by atoms with Crippen LogP contribution in [0.1, 0.15) is 31.2 Å². The van der Waals surface area contributed by atoms with Crippen LogP contribution in [-0.4, -0.2) is 35.5 Å². The molecular weight excluding hydrogens is 348 g/mol. The number of carbonyl (C=O) groups is 1. The van der Waals surface area contributed by atoms with Crippen molar-refractivity contribution in [2.45, 2.75) is 25.7 Å². The van der Waals surface area contributed by atoms with Crippen LogP contribution in [0.2, 0.25) is 0 Å². The maximum Gasteiger partial charge on any atom is 0.223 e. The van der Waals surface area contributed by atoms with Gasteiger partial charge in [0.2, 0.25) is 5.91 Å². The lowest BCUT2D eigenvalue weighted by atomic mass is 9.95. The molecule has 1 aliphatic rings. The van der Waals surface area contributed by atoms with Gasteiger partial charge in [0.25, 0.3) is 0 Å². The number of nitrogens with zero attached hydrogens (tertiary/aromatic N) is 3. The Bertz CT molecular complexity index is 935. The second-order valence-corrected chi connectivity index (χ2v) is 7.54. The Hall–Kier alpha value is -2.95. The van der Waals surface area contributed by atoms with Gasteiger partial charge in [0, 0.05) is 25.6 Å². The number of benzene rings is 2. The van der Waals surface area contributed by atoms with E-state index in [0.717, 1.165) is 42.8 Å². The number of hydrogen-bond donors (Lipinski definition) is 1. The van der Waals surface area contributed by atoms with Crippen molar-refractivity contribution in [2.75, 3.05) is 24.5 Å². The van der Waals surface area contributed by atoms with Gasteiger partial charge in [-0.3, -0.25) is 9.78 Å². The summed E-state index contributed by atoms with van der Waals surface area (Å²) < 4.78 is 0. The first-order valence-electron chi connectivity index (χ1n) is 10.00. The highest BCUT2D eigenvalue weighted by Gasteiger charge is 2.26. The third-order valence-electron chi connectivity index (χ3n) is 5.58. The van der Waals surface area contributed by atoms with Gasteiger partial charge in [0.15, 0.2) is 0 Å². The zero-order valence-electron chi connectivity index (χ0n) is 16.2. The highest BCUT2D eigenvalue weighted by atomic mass is 16.1. The molecule has 1 unspecified atom stereocenters. The summed E-state index contributed by atoms with van der Waals surface area (Å²) in [4.78, 5) is 24.1. The second-order valence-electron chi connectivity index (χ2n) is 7.54. The van der Waals surface area contributed by atoms with Crippen LogP contribution in [0.25, 0.3) is 11.0 Å². The van der Waals surface area contributed by atoms with Gasteiger partial charge >= 0.3 is 0 Å². The molecular formula is C23H26N4O. The first-order valence-corrected chi connectivity index (χ1v) is 10.00. The van der Waals surface area contributed by atoms with E-state index in [1.165, 1.54) is 5.56 Å². The molecule has 0 saturated carbocycles. The lowest BCUT2D eigenvalue weighted by Crippen LogP contribution is -2.41. The van der Waals surface area contributed by atoms with Gasteiger partial charge in [0.05, 0.1) is 17.2 Å². The van der Waals surface area contributed by atoms with E-state index in [1.807, 2.05) is 48.7 Å². The maximum atomic E-state index is 12.6. The SMILES string of the molecule is CC(CNC(=O)C1CCN(c2cnc3ccccc3n2)CC1)c1ccccc1. The van der Waals surface area contributed by atoms with Gasteiger partial charge in [-0.25, -0.2) is 4.98 Å². The molecule has 28 heavy (non-hydrogen) atoms. The third kappa shape index (κ3) is 4.14. The summed E-state index contributed by atoms with van der Waals surface area (Å²) in [5.41, 5.74) is 3.08. The Morgan fingerprint density at radius 2 is 1.75 bits per heavy atom. The molecule has 4 rings (SSSR count). The minimum Gasteiger partial charge on any atom is -0.355 e. The van der Waals surface area contributed by atoms with Gasteiger partial charge < -0.3 is 10.2 Å². The number of aromatic nitrogens is 2. The summed E-state index contributed by atoms with van der Waals surface area (Å²) in [5.74, 6) is 1.47. The number of carbonyl (C=O) groups excluding carboxylic acids is 1. The van der Waals surface area contributed by atoms with Crippen molar-refractivity contribution in [2.24, 2.45) is 5.92 Å². The lowest BCUT2D eigenvalue weighted by Gasteiger charge is -2.32. The molecule has 144 valence electrons. The summed E-state index contributed by atoms with van der Waals surface area (Å²) in [6, 6.07) is 18.2. The highest BCUT2D eigenvalue weighted by Crippen LogP contribution is 2.23. The number of nitrogens with one attached hydrogen (secondary N) is 1. The number of rotatable bonds is 5. The number of anilines is 1. The first-order chi connectivity index (χ1) is 13.7. The summed E-state index contributed by atoms with van der Waals surface area (Å²) >= 11 is 0. The van der Waals surface area contributed by atoms with Crippen LogP contribution in [0.4, 0.5) is 5.82 Å². The average molecular weight is 374 g/mol. The lowest BCUT2D eigenvalue weighted by molar-refractivity contribution is -0.125. The van der Waals surface area contributed by atoms with E-state index in [2.05, 4.69) is 34.3 Å². The standard InChI is InChI=1S/C23H26N4O/c1-17(18-7-3-2-4-8-18)15-25-23(28)19-11-13-27(14-12-19)22-16-24-20-9-5-6-10-21(20)26-22/h2-10,16-17,19H,11-15H2,1H3,(H,25,28). The van der Waals surface area contributed by atoms with Crippen LogP contribution in [0, 0.1) is 5.92 Å². The predicted molar refractivity (Wildman–Crippen MR) is 112 cm³/mol. The summed E-state index contributed by atoms with van der Waals surface area (Å²) in [5, 5.41) is 3.14. The topological polar surface area (TPSA) is 58.1 Å². The van der Waals surface area contributed by atoms with Crippen molar-refractivity contribution in [3.8, 4) is 0 Å². The van der Waals surface area contributed by atoms with E-state index in [-0.39, 0.29) is 11.8 Å². The smallest absolute Gasteiger partial charge is 0.223 e. The van der Waals surface area contributed by atoms with Gasteiger partial charge in [-0.2, -0.15) is 0 Å². The number of fused-ring (bicyclic) bond motifs is 1. The minimum absolute atomic E-state index is 0.0765. The predicted octanol–water partition coefficient (Wildman–Crippen LogP) is 3.77. The number of amides is 1. The number of hydrogen-bond acceptors (Lipinski definition) is 4. The third-order valence-corrected chi connectivity index (χ3v) is 5.58. The van der Waals surface area contributed by atoms with E-state index < -0.39 is 0 Å². The monoisotopic (exact) mass is 374 g/mol. The molecule has 1 atom stereocenters. The Morgan fingerprint density at radius 3 is 2.50 bits per heavy atom. The highest BCUT2D eigenvalue weighted by molar-refractivity contribution is 5.79. The van der Waals surface area contributed by atoms with Crippen molar-refractivity contribution in [1.29, 1.82) is 0 Å². The van der Waals surface area contributed by atoms with Crippen LogP contribution in [0.5, 0.6) is 0 Å². The summed E-state index contributed by atoms with van der Waals surface area (Å²) in [6.45, 7) is 4.49. The van der Waals surface area contributed by atoms with Gasteiger partial charge in [-0.15, -0.1) is 0 Å². The number of piperidine rings is 1. The largest absolute Gasteiger partial charge is 0.355 e. The second kappa shape index (κ2) is 8.38. The molecule has 1 amide bonds. The first kappa shape index (κ1) is 18.4. The van der Waals surface area contributed by atoms with E-state index in [4.69, 9.17) is 4.98 Å². The normalized spacial score (nSPS) is 16.1. The van der Waals surface area contributed by atoms with Crippen molar-refractivity contribution in [3.63, 3.8) is 0 Å². The molecule has 1 fully saturated rings. The van der Waals surface area contributed by atoms with Crippen LogP contribution in [0.3, 0.4) is 0 Å². The van der Waals surface area contributed by atoms with Crippen LogP contribution in [0.15, 0.2) is 60.8 Å². The fourth-order valence-corrected chi connectivity index (χ4v) is 3.77. The zero-order chi connectivity index (χ0) is 19.3. The Kier molecular flexibility index (Phi) is 5.51. The molecule has 0 bridgehead atoms. The molecule has 1 aromatic heterocycles. The van der Waals surface area contributed by atoms with Crippen LogP contribution < -0.4 is 10.2 Å². The molecule has 1 aliphatic heterocycles. The van der Waals surface area contributed by atoms with Gasteiger partial charge in [0.1, 0.15) is 5.82 Å². The Morgan fingerprint density at radius 1 is 1.07 bits per heavy atom. The van der Waals surface area contributed by atoms with Crippen molar-refractivity contribution < 1.29 is 4.79 Å². The quantitative estimate of drug-likeness (QED) is 0.739. The Labute approximate surface area is 165 Å². The fourth-order valence-electron chi connectivity index (χ4n) is 3.77. The fraction of sp³-hybridized carbons (Fsp3) is 0.348. The van der Waals surface area contributed by atoms with Crippen LogP contribution in [-0.2, 0) is 4.79 Å². The molecule has 0 radical (unpaired) electrons. The maximum absolute atomic E-state index is 12.6. The van der Waals surface area contributed by atoms with E-state index in [9.17, 15) is 4.79 Å².